The highest BCUT2D eigenvalue weighted by Crippen LogP contribution is 1.99. The fraction of sp³-hybridized carbons (Fsp3) is 0.636. The van der Waals surface area contributed by atoms with Crippen molar-refractivity contribution in [1.29, 1.82) is 0 Å². The van der Waals surface area contributed by atoms with Crippen molar-refractivity contribution in [2.75, 3.05) is 19.7 Å². The van der Waals surface area contributed by atoms with Crippen molar-refractivity contribution in [1.82, 2.24) is 4.90 Å². The molecule has 0 heterocycles. The summed E-state index contributed by atoms with van der Waals surface area (Å²) in [5.41, 5.74) is 0.870. The Bertz CT molecular complexity index is 269. The summed E-state index contributed by atoms with van der Waals surface area (Å²) in [4.78, 5) is 23.5. The van der Waals surface area contributed by atoms with Crippen molar-refractivity contribution >= 4 is 11.9 Å². The number of aliphatic carboxylic acids is 1. The molecule has 2 N–H and O–H groups in total. The van der Waals surface area contributed by atoms with Crippen LogP contribution in [0.1, 0.15) is 26.7 Å². The number of nitrogens with zero attached hydrogens (tertiary/aromatic N) is 1. The summed E-state index contributed by atoms with van der Waals surface area (Å²) >= 11 is 0. The Labute approximate surface area is 95.4 Å². The number of hydrogen-bond acceptors (Lipinski definition) is 3. The Kier molecular flexibility index (Phi) is 7.20. The van der Waals surface area contributed by atoms with Crippen LogP contribution in [0.15, 0.2) is 11.6 Å². The first-order chi connectivity index (χ1) is 7.47. The van der Waals surface area contributed by atoms with Gasteiger partial charge >= 0.3 is 5.97 Å². The molecule has 0 aliphatic heterocycles. The lowest BCUT2D eigenvalue weighted by molar-refractivity contribution is -0.138. The minimum Gasteiger partial charge on any atom is -0.481 e. The molecule has 92 valence electrons. The molecule has 0 aromatic carbocycles. The standard InChI is InChI=1S/C11H19NO4/c1-9(2)8-10(14)12(5-3-7-13)6-4-11(15)16/h8,13H,3-7H2,1-2H3,(H,15,16). The second-order valence-electron chi connectivity index (χ2n) is 3.77. The van der Waals surface area contributed by atoms with Gasteiger partial charge in [-0.05, 0) is 20.3 Å². The molecule has 0 saturated heterocycles. The molecule has 5 heteroatoms. The van der Waals surface area contributed by atoms with Crippen molar-refractivity contribution in [3.05, 3.63) is 11.6 Å². The number of carbonyl (C=O) groups excluding carboxylic acids is 1. The van der Waals surface area contributed by atoms with Crippen LogP contribution in [0.2, 0.25) is 0 Å². The van der Waals surface area contributed by atoms with Gasteiger partial charge in [0.25, 0.3) is 0 Å². The Morgan fingerprint density at radius 1 is 1.25 bits per heavy atom. The van der Waals surface area contributed by atoms with Crippen LogP contribution in [0.3, 0.4) is 0 Å². The smallest absolute Gasteiger partial charge is 0.305 e. The van der Waals surface area contributed by atoms with Crippen LogP contribution >= 0.6 is 0 Å². The molecule has 16 heavy (non-hydrogen) atoms. The van der Waals surface area contributed by atoms with Crippen LogP contribution in [-0.2, 0) is 9.59 Å². The first-order valence-electron chi connectivity index (χ1n) is 5.24. The molecule has 0 radical (unpaired) electrons. The molecule has 0 aliphatic rings. The number of amides is 1. The number of allylic oxidation sites excluding steroid dienone is 1. The van der Waals surface area contributed by atoms with Crippen molar-refractivity contribution in [2.45, 2.75) is 26.7 Å². The van der Waals surface area contributed by atoms with Crippen LogP contribution in [0, 0.1) is 0 Å². The second kappa shape index (κ2) is 7.87. The number of aliphatic hydroxyl groups is 1. The predicted octanol–water partition coefficient (Wildman–Crippen LogP) is 0.638. The summed E-state index contributed by atoms with van der Waals surface area (Å²) in [6.45, 7) is 4.16. The van der Waals surface area contributed by atoms with E-state index < -0.39 is 5.97 Å². The molecule has 0 rings (SSSR count). The quantitative estimate of drug-likeness (QED) is 0.628. The van der Waals surface area contributed by atoms with Gasteiger partial charge in [0.1, 0.15) is 0 Å². The number of carbonyl (C=O) groups is 2. The Balaban J connectivity index is 4.34. The number of aliphatic hydroxyl groups excluding tert-OH is 1. The van der Waals surface area contributed by atoms with E-state index in [9.17, 15) is 9.59 Å². The van der Waals surface area contributed by atoms with E-state index in [0.717, 1.165) is 5.57 Å². The number of rotatable bonds is 7. The van der Waals surface area contributed by atoms with E-state index in [2.05, 4.69) is 0 Å². The largest absolute Gasteiger partial charge is 0.481 e. The van der Waals surface area contributed by atoms with Gasteiger partial charge in [-0.1, -0.05) is 5.57 Å². The lowest BCUT2D eigenvalue weighted by Crippen LogP contribution is -2.33. The summed E-state index contributed by atoms with van der Waals surface area (Å²) in [6, 6.07) is 0. The molecule has 5 nitrogen and oxygen atoms in total. The molecule has 0 aromatic rings. The third-order valence-electron chi connectivity index (χ3n) is 1.91. The molecular formula is C11H19NO4. The van der Waals surface area contributed by atoms with Gasteiger partial charge in [0, 0.05) is 25.8 Å². The van der Waals surface area contributed by atoms with Crippen LogP contribution in [0.5, 0.6) is 0 Å². The van der Waals surface area contributed by atoms with Gasteiger partial charge in [-0.3, -0.25) is 9.59 Å². The molecule has 0 spiro atoms. The fourth-order valence-corrected chi connectivity index (χ4v) is 1.16. The van der Waals surface area contributed by atoms with Gasteiger partial charge in [0.15, 0.2) is 0 Å². The zero-order valence-corrected chi connectivity index (χ0v) is 9.77. The Hall–Kier alpha value is -1.36. The summed E-state index contributed by atoms with van der Waals surface area (Å²) in [6.07, 6.45) is 1.86. The second-order valence-corrected chi connectivity index (χ2v) is 3.77. The van der Waals surface area contributed by atoms with Gasteiger partial charge in [0.05, 0.1) is 6.42 Å². The van der Waals surface area contributed by atoms with Gasteiger partial charge in [-0.2, -0.15) is 0 Å². The monoisotopic (exact) mass is 229 g/mol. The Morgan fingerprint density at radius 2 is 1.88 bits per heavy atom. The molecule has 0 fully saturated rings. The van der Waals surface area contributed by atoms with Crippen LogP contribution in [0.4, 0.5) is 0 Å². The maximum Gasteiger partial charge on any atom is 0.305 e. The number of carboxylic acids is 1. The zero-order valence-electron chi connectivity index (χ0n) is 9.77. The molecule has 0 atom stereocenters. The van der Waals surface area contributed by atoms with Crippen LogP contribution in [0.25, 0.3) is 0 Å². The van der Waals surface area contributed by atoms with Crippen LogP contribution < -0.4 is 0 Å². The maximum atomic E-state index is 11.6. The van der Waals surface area contributed by atoms with E-state index in [1.807, 2.05) is 0 Å². The van der Waals surface area contributed by atoms with Crippen molar-refractivity contribution in [3.8, 4) is 0 Å². The van der Waals surface area contributed by atoms with Gasteiger partial charge in [0.2, 0.25) is 5.91 Å². The molecule has 0 unspecified atom stereocenters. The fourth-order valence-electron chi connectivity index (χ4n) is 1.16. The first kappa shape index (κ1) is 14.6. The van der Waals surface area contributed by atoms with Crippen LogP contribution in [-0.4, -0.2) is 46.7 Å². The SMILES string of the molecule is CC(C)=CC(=O)N(CCCO)CCC(=O)O. The normalized spacial score (nSPS) is 9.69. The average Bonchev–Trinajstić information content (AvgIpc) is 2.16. The van der Waals surface area contributed by atoms with Gasteiger partial charge in [-0.15, -0.1) is 0 Å². The van der Waals surface area contributed by atoms with E-state index in [0.29, 0.717) is 13.0 Å². The average molecular weight is 229 g/mol. The molecule has 0 bridgehead atoms. The minimum absolute atomic E-state index is 0.00826. The van der Waals surface area contributed by atoms with Gasteiger partial charge < -0.3 is 15.1 Å². The number of hydrogen-bond donors (Lipinski definition) is 2. The van der Waals surface area contributed by atoms with Crippen molar-refractivity contribution < 1.29 is 19.8 Å². The molecule has 0 aliphatic carbocycles. The molecule has 0 aromatic heterocycles. The summed E-state index contributed by atoms with van der Waals surface area (Å²) in [5, 5.41) is 17.2. The van der Waals surface area contributed by atoms with E-state index >= 15 is 0 Å². The zero-order chi connectivity index (χ0) is 12.6. The molecule has 0 saturated carbocycles. The third-order valence-corrected chi connectivity index (χ3v) is 1.91. The Morgan fingerprint density at radius 3 is 2.31 bits per heavy atom. The lowest BCUT2D eigenvalue weighted by atomic mass is 10.2. The highest BCUT2D eigenvalue weighted by molar-refractivity contribution is 5.88. The summed E-state index contributed by atoms with van der Waals surface area (Å²) < 4.78 is 0. The first-order valence-corrected chi connectivity index (χ1v) is 5.24. The van der Waals surface area contributed by atoms with E-state index in [4.69, 9.17) is 10.2 Å². The highest BCUT2D eigenvalue weighted by atomic mass is 16.4. The maximum absolute atomic E-state index is 11.6. The van der Waals surface area contributed by atoms with Crippen molar-refractivity contribution in [2.24, 2.45) is 0 Å². The summed E-state index contributed by atoms with van der Waals surface area (Å²) in [5.74, 6) is -1.13. The minimum atomic E-state index is -0.931. The third kappa shape index (κ3) is 7.00. The van der Waals surface area contributed by atoms with Gasteiger partial charge in [-0.25, -0.2) is 0 Å². The van der Waals surface area contributed by atoms with Crippen molar-refractivity contribution in [3.63, 3.8) is 0 Å². The van der Waals surface area contributed by atoms with E-state index in [1.165, 1.54) is 11.0 Å². The van der Waals surface area contributed by atoms with E-state index in [-0.39, 0.29) is 25.5 Å². The lowest BCUT2D eigenvalue weighted by Gasteiger charge is -2.20. The topological polar surface area (TPSA) is 77.8 Å². The summed E-state index contributed by atoms with van der Waals surface area (Å²) in [7, 11) is 0. The van der Waals surface area contributed by atoms with E-state index in [1.54, 1.807) is 13.8 Å². The molecular weight excluding hydrogens is 210 g/mol. The number of carboxylic acid groups (broad SMARTS) is 1. The molecule has 1 amide bonds. The highest BCUT2D eigenvalue weighted by Gasteiger charge is 2.11. The predicted molar refractivity (Wildman–Crippen MR) is 60.0 cm³/mol.